The second-order valence-corrected chi connectivity index (χ2v) is 5.01. The summed E-state index contributed by atoms with van der Waals surface area (Å²) in [7, 11) is 0. The van der Waals surface area contributed by atoms with Gasteiger partial charge in [-0.1, -0.05) is 35.9 Å². The Morgan fingerprint density at radius 3 is 2.84 bits per heavy atom. The molecule has 0 aliphatic carbocycles. The fourth-order valence-electron chi connectivity index (χ4n) is 2.27. The zero-order valence-corrected chi connectivity index (χ0v) is 11.3. The van der Waals surface area contributed by atoms with Crippen molar-refractivity contribution in [3.63, 3.8) is 0 Å². The van der Waals surface area contributed by atoms with Gasteiger partial charge in [-0.25, -0.2) is 0 Å². The number of benzene rings is 2. The van der Waals surface area contributed by atoms with Gasteiger partial charge in [0.15, 0.2) is 0 Å². The minimum Gasteiger partial charge on any atom is -0.490 e. The second kappa shape index (κ2) is 5.78. The van der Waals surface area contributed by atoms with Crippen molar-refractivity contribution in [3.8, 4) is 5.75 Å². The number of morpholine rings is 1. The molecule has 100 valence electrons. The van der Waals surface area contributed by atoms with Crippen LogP contribution in [0, 0.1) is 0 Å². The number of halogens is 1. The van der Waals surface area contributed by atoms with Crippen LogP contribution in [0.3, 0.4) is 0 Å². The van der Waals surface area contributed by atoms with Crippen LogP contribution < -0.4 is 10.1 Å². The van der Waals surface area contributed by atoms with E-state index in [2.05, 4.69) is 5.32 Å². The minimum atomic E-state index is 0.114. The van der Waals surface area contributed by atoms with E-state index in [4.69, 9.17) is 21.1 Å². The Bertz CT molecular complexity index is 567. The van der Waals surface area contributed by atoms with Crippen molar-refractivity contribution in [2.45, 2.75) is 6.10 Å². The van der Waals surface area contributed by atoms with E-state index in [0.717, 1.165) is 41.2 Å². The third-order valence-electron chi connectivity index (χ3n) is 3.26. The third-order valence-corrected chi connectivity index (χ3v) is 3.59. The molecule has 2 aromatic rings. The lowest BCUT2D eigenvalue weighted by Crippen LogP contribution is -2.41. The lowest BCUT2D eigenvalue weighted by molar-refractivity contribution is 0.000513. The summed E-state index contributed by atoms with van der Waals surface area (Å²) in [5.74, 6) is 0.856. The zero-order chi connectivity index (χ0) is 13.1. The van der Waals surface area contributed by atoms with Crippen molar-refractivity contribution in [3.05, 3.63) is 41.4 Å². The molecule has 1 unspecified atom stereocenters. The summed E-state index contributed by atoms with van der Waals surface area (Å²) in [4.78, 5) is 0. The van der Waals surface area contributed by atoms with Crippen molar-refractivity contribution in [2.24, 2.45) is 0 Å². The number of rotatable bonds is 3. The highest BCUT2D eigenvalue weighted by atomic mass is 35.5. The Balaban J connectivity index is 1.79. The van der Waals surface area contributed by atoms with Crippen LogP contribution in [0.25, 0.3) is 10.8 Å². The molecule has 1 aliphatic heterocycles. The molecule has 1 fully saturated rings. The van der Waals surface area contributed by atoms with Crippen molar-refractivity contribution in [2.75, 3.05) is 26.3 Å². The first-order chi connectivity index (χ1) is 9.34. The molecule has 4 heteroatoms. The molecule has 1 saturated heterocycles. The average molecular weight is 278 g/mol. The number of hydrogen-bond acceptors (Lipinski definition) is 3. The van der Waals surface area contributed by atoms with Crippen molar-refractivity contribution in [1.29, 1.82) is 0 Å². The van der Waals surface area contributed by atoms with Crippen LogP contribution in [0.15, 0.2) is 36.4 Å². The lowest BCUT2D eigenvalue weighted by atomic mass is 10.1. The van der Waals surface area contributed by atoms with Gasteiger partial charge < -0.3 is 14.8 Å². The molecule has 0 radical (unpaired) electrons. The molecule has 0 bridgehead atoms. The first kappa shape index (κ1) is 12.7. The Kier molecular flexibility index (Phi) is 3.87. The number of fused-ring (bicyclic) bond motifs is 1. The van der Waals surface area contributed by atoms with E-state index in [1.165, 1.54) is 0 Å². The monoisotopic (exact) mass is 277 g/mol. The van der Waals surface area contributed by atoms with Gasteiger partial charge >= 0.3 is 0 Å². The van der Waals surface area contributed by atoms with Gasteiger partial charge in [0.05, 0.1) is 6.61 Å². The van der Waals surface area contributed by atoms with Crippen LogP contribution in [0.4, 0.5) is 0 Å². The van der Waals surface area contributed by atoms with Gasteiger partial charge in [0.2, 0.25) is 0 Å². The number of nitrogens with one attached hydrogen (secondary N) is 1. The van der Waals surface area contributed by atoms with Crippen molar-refractivity contribution < 1.29 is 9.47 Å². The quantitative estimate of drug-likeness (QED) is 0.936. The molecule has 19 heavy (non-hydrogen) atoms. The summed E-state index contributed by atoms with van der Waals surface area (Å²) in [6.07, 6.45) is 0.114. The normalized spacial score (nSPS) is 19.5. The highest BCUT2D eigenvalue weighted by molar-refractivity contribution is 6.35. The fourth-order valence-corrected chi connectivity index (χ4v) is 2.50. The maximum absolute atomic E-state index is 6.19. The largest absolute Gasteiger partial charge is 0.490 e. The number of ether oxygens (including phenoxy) is 2. The van der Waals surface area contributed by atoms with Crippen LogP contribution in [-0.4, -0.2) is 32.4 Å². The van der Waals surface area contributed by atoms with Gasteiger partial charge in [0, 0.05) is 28.9 Å². The van der Waals surface area contributed by atoms with Gasteiger partial charge in [0.1, 0.15) is 18.5 Å². The maximum Gasteiger partial charge on any atom is 0.127 e. The van der Waals surface area contributed by atoms with E-state index in [1.54, 1.807) is 0 Å². The smallest absolute Gasteiger partial charge is 0.127 e. The Morgan fingerprint density at radius 2 is 2.05 bits per heavy atom. The van der Waals surface area contributed by atoms with Crippen LogP contribution in [0.1, 0.15) is 0 Å². The first-order valence-electron chi connectivity index (χ1n) is 6.47. The Hall–Kier alpha value is -1.29. The van der Waals surface area contributed by atoms with E-state index in [9.17, 15) is 0 Å². The highest BCUT2D eigenvalue weighted by Gasteiger charge is 2.14. The summed E-state index contributed by atoms with van der Waals surface area (Å²) in [6, 6.07) is 11.8. The van der Waals surface area contributed by atoms with Gasteiger partial charge in [-0.3, -0.25) is 0 Å². The van der Waals surface area contributed by atoms with Crippen molar-refractivity contribution in [1.82, 2.24) is 5.32 Å². The Labute approximate surface area is 117 Å². The molecular weight excluding hydrogens is 262 g/mol. The van der Waals surface area contributed by atoms with Gasteiger partial charge in [-0.2, -0.15) is 0 Å². The topological polar surface area (TPSA) is 30.5 Å². The lowest BCUT2D eigenvalue weighted by Gasteiger charge is -2.24. The molecular formula is C15H16ClNO2. The predicted octanol–water partition coefficient (Wildman–Crippen LogP) is 2.86. The Morgan fingerprint density at radius 1 is 1.21 bits per heavy atom. The van der Waals surface area contributed by atoms with E-state index in [0.29, 0.717) is 6.61 Å². The summed E-state index contributed by atoms with van der Waals surface area (Å²) in [5.41, 5.74) is 0. The molecule has 3 nitrogen and oxygen atoms in total. The minimum absolute atomic E-state index is 0.114. The third kappa shape index (κ3) is 2.84. The molecule has 0 aromatic heterocycles. The van der Waals surface area contributed by atoms with E-state index >= 15 is 0 Å². The highest BCUT2D eigenvalue weighted by Crippen LogP contribution is 2.31. The molecule has 1 heterocycles. The van der Waals surface area contributed by atoms with E-state index < -0.39 is 0 Å². The van der Waals surface area contributed by atoms with E-state index in [1.807, 2.05) is 36.4 Å². The molecule has 0 spiro atoms. The summed E-state index contributed by atoms with van der Waals surface area (Å²) in [5, 5.41) is 6.10. The predicted molar refractivity (Wildman–Crippen MR) is 77.1 cm³/mol. The first-order valence-corrected chi connectivity index (χ1v) is 6.85. The van der Waals surface area contributed by atoms with Crippen LogP contribution in [0.2, 0.25) is 5.02 Å². The maximum atomic E-state index is 6.19. The van der Waals surface area contributed by atoms with Gasteiger partial charge in [0.25, 0.3) is 0 Å². The molecule has 0 amide bonds. The van der Waals surface area contributed by atoms with Crippen LogP contribution in [0.5, 0.6) is 5.75 Å². The average Bonchev–Trinajstić information content (AvgIpc) is 2.48. The van der Waals surface area contributed by atoms with E-state index in [-0.39, 0.29) is 6.10 Å². The molecule has 1 N–H and O–H groups in total. The zero-order valence-electron chi connectivity index (χ0n) is 10.6. The molecule has 3 rings (SSSR count). The van der Waals surface area contributed by atoms with Gasteiger partial charge in [-0.05, 0) is 12.1 Å². The second-order valence-electron chi connectivity index (χ2n) is 4.60. The molecule has 2 aromatic carbocycles. The van der Waals surface area contributed by atoms with Crippen LogP contribution in [-0.2, 0) is 4.74 Å². The SMILES string of the molecule is Clc1ccc(OCC2CNCCO2)c2ccccc12. The number of hydrogen-bond donors (Lipinski definition) is 1. The fraction of sp³-hybridized carbons (Fsp3) is 0.333. The summed E-state index contributed by atoms with van der Waals surface area (Å²) in [6.45, 7) is 3.06. The van der Waals surface area contributed by atoms with Crippen LogP contribution >= 0.6 is 11.6 Å². The molecule has 1 aliphatic rings. The molecule has 1 atom stereocenters. The summed E-state index contributed by atoms with van der Waals surface area (Å²) >= 11 is 6.19. The van der Waals surface area contributed by atoms with Gasteiger partial charge in [-0.15, -0.1) is 0 Å². The summed E-state index contributed by atoms with van der Waals surface area (Å²) < 4.78 is 11.5. The molecule has 0 saturated carbocycles. The standard InChI is InChI=1S/C15H16ClNO2/c16-14-5-6-15(13-4-2-1-3-12(13)14)19-10-11-9-17-7-8-18-11/h1-6,11,17H,7-10H2. The van der Waals surface area contributed by atoms with Crippen molar-refractivity contribution >= 4 is 22.4 Å².